The first-order chi connectivity index (χ1) is 11.6. The standard InChI is InChI=1S/C17H19N3O4/c1-11-7-4-5-9-13(11)18-17(22)20-19-16(21)12-8-6-10-14(23-2)15(12)24-3/h4-10H,1-3H3,(H,19,21)(H2,18,20,22). The second-order valence-corrected chi connectivity index (χ2v) is 4.89. The molecule has 0 atom stereocenters. The fourth-order valence-corrected chi connectivity index (χ4v) is 2.11. The van der Waals surface area contributed by atoms with Gasteiger partial charge in [-0.3, -0.25) is 10.2 Å². The van der Waals surface area contributed by atoms with Gasteiger partial charge in [0.2, 0.25) is 0 Å². The summed E-state index contributed by atoms with van der Waals surface area (Å²) in [4.78, 5) is 24.1. The summed E-state index contributed by atoms with van der Waals surface area (Å²) in [7, 11) is 2.92. The predicted octanol–water partition coefficient (Wildman–Crippen LogP) is 2.48. The van der Waals surface area contributed by atoms with Gasteiger partial charge >= 0.3 is 6.03 Å². The monoisotopic (exact) mass is 329 g/mol. The van der Waals surface area contributed by atoms with Gasteiger partial charge in [0.15, 0.2) is 11.5 Å². The molecule has 0 aliphatic heterocycles. The lowest BCUT2D eigenvalue weighted by Crippen LogP contribution is -2.44. The summed E-state index contributed by atoms with van der Waals surface area (Å²) in [6.45, 7) is 1.87. The maximum absolute atomic E-state index is 12.2. The normalized spacial score (nSPS) is 9.79. The molecule has 0 aliphatic rings. The van der Waals surface area contributed by atoms with E-state index in [0.717, 1.165) is 5.56 Å². The van der Waals surface area contributed by atoms with E-state index in [1.807, 2.05) is 25.1 Å². The molecule has 2 aromatic carbocycles. The smallest absolute Gasteiger partial charge is 0.337 e. The van der Waals surface area contributed by atoms with E-state index in [1.165, 1.54) is 14.2 Å². The van der Waals surface area contributed by atoms with Gasteiger partial charge in [-0.2, -0.15) is 0 Å². The Morgan fingerprint density at radius 2 is 1.67 bits per heavy atom. The number of para-hydroxylation sites is 2. The van der Waals surface area contributed by atoms with Crippen molar-refractivity contribution in [3.05, 3.63) is 53.6 Å². The molecular formula is C17H19N3O4. The molecule has 0 aliphatic carbocycles. The zero-order chi connectivity index (χ0) is 17.5. The van der Waals surface area contributed by atoms with E-state index in [1.54, 1.807) is 24.3 Å². The van der Waals surface area contributed by atoms with Crippen LogP contribution in [-0.2, 0) is 0 Å². The quantitative estimate of drug-likeness (QED) is 0.752. The average Bonchev–Trinajstić information content (AvgIpc) is 2.60. The number of hydrazine groups is 1. The maximum atomic E-state index is 12.2. The van der Waals surface area contributed by atoms with Crippen molar-refractivity contribution in [2.24, 2.45) is 0 Å². The third-order valence-electron chi connectivity index (χ3n) is 3.33. The van der Waals surface area contributed by atoms with Crippen LogP contribution in [0.3, 0.4) is 0 Å². The molecular weight excluding hydrogens is 310 g/mol. The zero-order valence-corrected chi connectivity index (χ0v) is 13.7. The molecule has 0 spiro atoms. The lowest BCUT2D eigenvalue weighted by atomic mass is 10.2. The number of hydrogen-bond acceptors (Lipinski definition) is 4. The van der Waals surface area contributed by atoms with Gasteiger partial charge in [-0.25, -0.2) is 10.2 Å². The van der Waals surface area contributed by atoms with Gasteiger partial charge in [0.1, 0.15) is 0 Å². The third-order valence-corrected chi connectivity index (χ3v) is 3.33. The fraction of sp³-hybridized carbons (Fsp3) is 0.176. The Morgan fingerprint density at radius 1 is 0.917 bits per heavy atom. The highest BCUT2D eigenvalue weighted by Crippen LogP contribution is 2.30. The summed E-state index contributed by atoms with van der Waals surface area (Å²) in [5, 5.41) is 2.65. The molecule has 3 amide bonds. The number of urea groups is 1. The summed E-state index contributed by atoms with van der Waals surface area (Å²) in [6, 6.07) is 11.7. The maximum Gasteiger partial charge on any atom is 0.337 e. The van der Waals surface area contributed by atoms with Crippen LogP contribution in [0.2, 0.25) is 0 Å². The minimum Gasteiger partial charge on any atom is -0.493 e. The van der Waals surface area contributed by atoms with E-state index in [9.17, 15) is 9.59 Å². The predicted molar refractivity (Wildman–Crippen MR) is 90.3 cm³/mol. The Bertz CT molecular complexity index is 746. The van der Waals surface area contributed by atoms with Crippen LogP contribution in [-0.4, -0.2) is 26.2 Å². The molecule has 7 heteroatoms. The number of carbonyl (C=O) groups excluding carboxylic acids is 2. The SMILES string of the molecule is COc1cccc(C(=O)NNC(=O)Nc2ccccc2C)c1OC. The second-order valence-electron chi connectivity index (χ2n) is 4.89. The van der Waals surface area contributed by atoms with Gasteiger partial charge in [0.25, 0.3) is 5.91 Å². The van der Waals surface area contributed by atoms with Gasteiger partial charge in [-0.1, -0.05) is 24.3 Å². The number of ether oxygens (including phenoxy) is 2. The summed E-state index contributed by atoms with van der Waals surface area (Å²) < 4.78 is 10.3. The molecule has 0 radical (unpaired) electrons. The summed E-state index contributed by atoms with van der Waals surface area (Å²) in [5.41, 5.74) is 6.44. The highest BCUT2D eigenvalue weighted by Gasteiger charge is 2.16. The van der Waals surface area contributed by atoms with E-state index in [4.69, 9.17) is 9.47 Å². The highest BCUT2D eigenvalue weighted by molar-refractivity contribution is 5.99. The topological polar surface area (TPSA) is 88.7 Å². The first-order valence-corrected chi connectivity index (χ1v) is 7.20. The second kappa shape index (κ2) is 7.87. The van der Waals surface area contributed by atoms with Crippen molar-refractivity contribution in [2.75, 3.05) is 19.5 Å². The molecule has 2 aromatic rings. The van der Waals surface area contributed by atoms with Crippen LogP contribution in [0.15, 0.2) is 42.5 Å². The molecule has 0 bridgehead atoms. The molecule has 0 unspecified atom stereocenters. The van der Waals surface area contributed by atoms with Crippen molar-refractivity contribution >= 4 is 17.6 Å². The van der Waals surface area contributed by atoms with Gasteiger partial charge in [0, 0.05) is 5.69 Å². The molecule has 2 rings (SSSR count). The molecule has 0 fully saturated rings. The number of hydrogen-bond donors (Lipinski definition) is 3. The van der Waals surface area contributed by atoms with E-state index in [-0.39, 0.29) is 5.56 Å². The van der Waals surface area contributed by atoms with Crippen molar-refractivity contribution in [3.63, 3.8) is 0 Å². The largest absolute Gasteiger partial charge is 0.493 e. The van der Waals surface area contributed by atoms with E-state index in [2.05, 4.69) is 16.2 Å². The summed E-state index contributed by atoms with van der Waals surface area (Å²) in [6.07, 6.45) is 0. The van der Waals surface area contributed by atoms with E-state index >= 15 is 0 Å². The highest BCUT2D eigenvalue weighted by atomic mass is 16.5. The number of rotatable bonds is 4. The Hall–Kier alpha value is -3.22. The van der Waals surface area contributed by atoms with E-state index < -0.39 is 11.9 Å². The minimum absolute atomic E-state index is 0.244. The lowest BCUT2D eigenvalue weighted by Gasteiger charge is -2.13. The number of aryl methyl sites for hydroxylation is 1. The van der Waals surface area contributed by atoms with Gasteiger partial charge < -0.3 is 14.8 Å². The summed E-state index contributed by atoms with van der Waals surface area (Å²) >= 11 is 0. The van der Waals surface area contributed by atoms with Crippen molar-refractivity contribution in [3.8, 4) is 11.5 Å². The van der Waals surface area contributed by atoms with Crippen molar-refractivity contribution in [2.45, 2.75) is 6.92 Å². The van der Waals surface area contributed by atoms with Crippen LogP contribution < -0.4 is 25.6 Å². The molecule has 0 aromatic heterocycles. The summed E-state index contributed by atoms with van der Waals surface area (Å²) in [5.74, 6) is 0.193. The van der Waals surface area contributed by atoms with Crippen LogP contribution >= 0.6 is 0 Å². The Balaban J connectivity index is 2.01. The Labute approximate surface area is 139 Å². The lowest BCUT2D eigenvalue weighted by molar-refractivity contribution is 0.0934. The van der Waals surface area contributed by atoms with Gasteiger partial charge in [-0.15, -0.1) is 0 Å². The van der Waals surface area contributed by atoms with Crippen LogP contribution in [0.4, 0.5) is 10.5 Å². The van der Waals surface area contributed by atoms with Crippen molar-refractivity contribution < 1.29 is 19.1 Å². The van der Waals surface area contributed by atoms with Crippen LogP contribution in [0, 0.1) is 6.92 Å². The molecule has 7 nitrogen and oxygen atoms in total. The van der Waals surface area contributed by atoms with Crippen LogP contribution in [0.1, 0.15) is 15.9 Å². The van der Waals surface area contributed by atoms with Crippen LogP contribution in [0.25, 0.3) is 0 Å². The fourth-order valence-electron chi connectivity index (χ4n) is 2.11. The first kappa shape index (κ1) is 17.1. The Morgan fingerprint density at radius 3 is 2.33 bits per heavy atom. The number of anilines is 1. The number of methoxy groups -OCH3 is 2. The number of benzene rings is 2. The van der Waals surface area contributed by atoms with Crippen molar-refractivity contribution in [1.82, 2.24) is 10.9 Å². The first-order valence-electron chi connectivity index (χ1n) is 7.20. The number of amides is 3. The Kier molecular flexibility index (Phi) is 5.62. The van der Waals surface area contributed by atoms with Gasteiger partial charge in [-0.05, 0) is 30.7 Å². The molecule has 3 N–H and O–H groups in total. The number of nitrogens with one attached hydrogen (secondary N) is 3. The molecule has 24 heavy (non-hydrogen) atoms. The van der Waals surface area contributed by atoms with Crippen molar-refractivity contribution in [1.29, 1.82) is 0 Å². The third kappa shape index (κ3) is 3.95. The molecule has 0 saturated heterocycles. The average molecular weight is 329 g/mol. The van der Waals surface area contributed by atoms with Gasteiger partial charge in [0.05, 0.1) is 19.8 Å². The van der Waals surface area contributed by atoms with E-state index in [0.29, 0.717) is 17.2 Å². The number of carbonyl (C=O) groups is 2. The molecule has 0 heterocycles. The molecule has 0 saturated carbocycles. The molecule has 126 valence electrons. The zero-order valence-electron chi connectivity index (χ0n) is 13.7. The minimum atomic E-state index is -0.556. The van der Waals surface area contributed by atoms with Crippen LogP contribution in [0.5, 0.6) is 11.5 Å².